The van der Waals surface area contributed by atoms with Gasteiger partial charge >= 0.3 is 0 Å². The molecule has 0 aromatic carbocycles. The van der Waals surface area contributed by atoms with E-state index in [1.54, 1.807) is 11.3 Å². The Kier molecular flexibility index (Phi) is 2.15. The predicted octanol–water partition coefficient (Wildman–Crippen LogP) is 2.21. The zero-order valence-corrected chi connectivity index (χ0v) is 7.66. The van der Waals surface area contributed by atoms with E-state index in [0.717, 1.165) is 17.7 Å². The standard InChI is InChI=1S/C9H12FNS/c10-7(5-11)9-4-6-2-1-3-8(6)12-9/h4,7H,1-3,5,11H2. The molecule has 3 heteroatoms. The predicted molar refractivity (Wildman–Crippen MR) is 49.2 cm³/mol. The summed E-state index contributed by atoms with van der Waals surface area (Å²) >= 11 is 1.60. The second kappa shape index (κ2) is 3.15. The maximum absolute atomic E-state index is 13.1. The van der Waals surface area contributed by atoms with Crippen LogP contribution in [0.4, 0.5) is 4.39 Å². The Bertz CT molecular complexity index is 261. The topological polar surface area (TPSA) is 26.0 Å². The van der Waals surface area contributed by atoms with E-state index in [1.807, 2.05) is 6.07 Å². The van der Waals surface area contributed by atoms with Crippen molar-refractivity contribution >= 4 is 11.3 Å². The van der Waals surface area contributed by atoms with Gasteiger partial charge in [-0.05, 0) is 30.9 Å². The summed E-state index contributed by atoms with van der Waals surface area (Å²) in [5.74, 6) is 0. The molecule has 1 aliphatic rings. The molecule has 0 bridgehead atoms. The van der Waals surface area contributed by atoms with E-state index in [4.69, 9.17) is 5.73 Å². The third-order valence-electron chi connectivity index (χ3n) is 2.28. The van der Waals surface area contributed by atoms with Crippen molar-refractivity contribution in [3.63, 3.8) is 0 Å². The Morgan fingerprint density at radius 3 is 3.08 bits per heavy atom. The number of halogens is 1. The molecule has 0 radical (unpaired) electrons. The van der Waals surface area contributed by atoms with Gasteiger partial charge in [-0.3, -0.25) is 0 Å². The van der Waals surface area contributed by atoms with Crippen LogP contribution in [-0.4, -0.2) is 6.54 Å². The van der Waals surface area contributed by atoms with Gasteiger partial charge in [0.15, 0.2) is 0 Å². The van der Waals surface area contributed by atoms with E-state index in [-0.39, 0.29) is 6.54 Å². The minimum absolute atomic E-state index is 0.111. The summed E-state index contributed by atoms with van der Waals surface area (Å²) in [7, 11) is 0. The molecule has 0 saturated carbocycles. The molecular formula is C9H12FNS. The highest BCUT2D eigenvalue weighted by atomic mass is 32.1. The van der Waals surface area contributed by atoms with Gasteiger partial charge in [-0.25, -0.2) is 4.39 Å². The molecular weight excluding hydrogens is 173 g/mol. The van der Waals surface area contributed by atoms with Crippen molar-refractivity contribution in [2.24, 2.45) is 5.73 Å². The molecule has 1 aromatic rings. The molecule has 0 saturated heterocycles. The van der Waals surface area contributed by atoms with Gasteiger partial charge in [0.25, 0.3) is 0 Å². The fraction of sp³-hybridized carbons (Fsp3) is 0.556. The molecule has 1 nitrogen and oxygen atoms in total. The molecule has 1 aliphatic carbocycles. The molecule has 2 N–H and O–H groups in total. The molecule has 0 aliphatic heterocycles. The molecule has 1 heterocycles. The van der Waals surface area contributed by atoms with E-state index >= 15 is 0 Å². The lowest BCUT2D eigenvalue weighted by molar-refractivity contribution is 0.358. The van der Waals surface area contributed by atoms with Gasteiger partial charge < -0.3 is 5.73 Å². The van der Waals surface area contributed by atoms with Crippen LogP contribution in [-0.2, 0) is 12.8 Å². The van der Waals surface area contributed by atoms with Crippen LogP contribution in [0.3, 0.4) is 0 Å². The Morgan fingerprint density at radius 1 is 1.58 bits per heavy atom. The Balaban J connectivity index is 2.25. The minimum Gasteiger partial charge on any atom is -0.327 e. The second-order valence-corrected chi connectivity index (χ2v) is 4.32. The molecule has 0 fully saturated rings. The Morgan fingerprint density at radius 2 is 2.42 bits per heavy atom. The van der Waals surface area contributed by atoms with Gasteiger partial charge in [0.1, 0.15) is 6.17 Å². The molecule has 0 amide bonds. The van der Waals surface area contributed by atoms with Crippen molar-refractivity contribution in [2.75, 3.05) is 6.54 Å². The zero-order chi connectivity index (χ0) is 8.55. The molecule has 2 rings (SSSR count). The number of rotatable bonds is 2. The molecule has 1 atom stereocenters. The summed E-state index contributed by atoms with van der Waals surface area (Å²) < 4.78 is 13.1. The average Bonchev–Trinajstić information content (AvgIpc) is 2.60. The Labute approximate surface area is 75.4 Å². The second-order valence-electron chi connectivity index (χ2n) is 3.15. The molecule has 12 heavy (non-hydrogen) atoms. The molecule has 1 aromatic heterocycles. The molecule has 0 spiro atoms. The first-order valence-corrected chi connectivity index (χ1v) is 5.08. The SMILES string of the molecule is NCC(F)c1cc2c(s1)CCC2. The van der Waals surface area contributed by atoms with Crippen molar-refractivity contribution in [1.29, 1.82) is 0 Å². The number of thiophene rings is 1. The number of aryl methyl sites for hydroxylation is 2. The summed E-state index contributed by atoms with van der Waals surface area (Å²) in [6, 6.07) is 1.99. The van der Waals surface area contributed by atoms with Gasteiger partial charge in [0, 0.05) is 16.3 Å². The van der Waals surface area contributed by atoms with Gasteiger partial charge in [-0.2, -0.15) is 0 Å². The van der Waals surface area contributed by atoms with E-state index in [9.17, 15) is 4.39 Å². The average molecular weight is 185 g/mol. The number of nitrogens with two attached hydrogens (primary N) is 1. The lowest BCUT2D eigenvalue weighted by atomic mass is 10.2. The maximum atomic E-state index is 13.1. The van der Waals surface area contributed by atoms with Gasteiger partial charge in [-0.1, -0.05) is 0 Å². The first kappa shape index (κ1) is 8.20. The first-order chi connectivity index (χ1) is 5.81. The third kappa shape index (κ3) is 1.27. The fourth-order valence-corrected chi connectivity index (χ4v) is 2.87. The van der Waals surface area contributed by atoms with Crippen molar-refractivity contribution in [3.8, 4) is 0 Å². The van der Waals surface area contributed by atoms with Crippen LogP contribution in [0.1, 0.15) is 27.9 Å². The largest absolute Gasteiger partial charge is 0.327 e. The van der Waals surface area contributed by atoms with Crippen molar-refractivity contribution in [3.05, 3.63) is 21.4 Å². The van der Waals surface area contributed by atoms with Gasteiger partial charge in [-0.15, -0.1) is 11.3 Å². The highest BCUT2D eigenvalue weighted by molar-refractivity contribution is 7.12. The Hall–Kier alpha value is -0.410. The summed E-state index contributed by atoms with van der Waals surface area (Å²) in [4.78, 5) is 2.20. The van der Waals surface area contributed by atoms with E-state index < -0.39 is 6.17 Å². The first-order valence-electron chi connectivity index (χ1n) is 4.27. The van der Waals surface area contributed by atoms with Crippen LogP contribution in [0, 0.1) is 0 Å². The number of alkyl halides is 1. The van der Waals surface area contributed by atoms with Crippen LogP contribution in [0.15, 0.2) is 6.07 Å². The lowest BCUT2D eigenvalue weighted by Crippen LogP contribution is -2.05. The lowest BCUT2D eigenvalue weighted by Gasteiger charge is -1.99. The van der Waals surface area contributed by atoms with Crippen LogP contribution in [0.25, 0.3) is 0 Å². The van der Waals surface area contributed by atoms with Crippen LogP contribution in [0.5, 0.6) is 0 Å². The van der Waals surface area contributed by atoms with Crippen molar-refractivity contribution < 1.29 is 4.39 Å². The number of hydrogen-bond acceptors (Lipinski definition) is 2. The van der Waals surface area contributed by atoms with E-state index in [2.05, 4.69) is 0 Å². The van der Waals surface area contributed by atoms with E-state index in [0.29, 0.717) is 0 Å². The molecule has 66 valence electrons. The van der Waals surface area contributed by atoms with Crippen molar-refractivity contribution in [1.82, 2.24) is 0 Å². The van der Waals surface area contributed by atoms with Crippen LogP contribution < -0.4 is 5.73 Å². The van der Waals surface area contributed by atoms with Crippen molar-refractivity contribution in [2.45, 2.75) is 25.4 Å². The minimum atomic E-state index is -0.944. The summed E-state index contributed by atoms with van der Waals surface area (Å²) in [6.07, 6.45) is 2.56. The number of hydrogen-bond donors (Lipinski definition) is 1. The maximum Gasteiger partial charge on any atom is 0.146 e. The fourth-order valence-electron chi connectivity index (χ4n) is 1.62. The highest BCUT2D eigenvalue weighted by Crippen LogP contribution is 2.34. The zero-order valence-electron chi connectivity index (χ0n) is 6.85. The monoisotopic (exact) mass is 185 g/mol. The van der Waals surface area contributed by atoms with E-state index in [1.165, 1.54) is 16.9 Å². The summed E-state index contributed by atoms with van der Waals surface area (Å²) in [5, 5.41) is 0. The normalized spacial score (nSPS) is 17.8. The van der Waals surface area contributed by atoms with Gasteiger partial charge in [0.05, 0.1) is 0 Å². The molecule has 1 unspecified atom stereocenters. The quantitative estimate of drug-likeness (QED) is 0.751. The summed E-state index contributed by atoms with van der Waals surface area (Å²) in [6.45, 7) is 0.111. The van der Waals surface area contributed by atoms with Crippen LogP contribution >= 0.6 is 11.3 Å². The van der Waals surface area contributed by atoms with Gasteiger partial charge in [0.2, 0.25) is 0 Å². The van der Waals surface area contributed by atoms with Crippen LogP contribution in [0.2, 0.25) is 0 Å². The highest BCUT2D eigenvalue weighted by Gasteiger charge is 2.18. The third-order valence-corrected chi connectivity index (χ3v) is 3.60. The summed E-state index contributed by atoms with van der Waals surface area (Å²) in [5.41, 5.74) is 6.61. The number of fused-ring (bicyclic) bond motifs is 1. The smallest absolute Gasteiger partial charge is 0.146 e.